The highest BCUT2D eigenvalue weighted by Crippen LogP contribution is 2.52. The molecule has 2 fully saturated rings. The maximum Gasteiger partial charge on any atom is 0.416 e. The molecule has 1 N–H and O–H groups in total. The van der Waals surface area contributed by atoms with Crippen LogP contribution in [0.25, 0.3) is 0 Å². The van der Waals surface area contributed by atoms with E-state index in [1.807, 2.05) is 13.0 Å². The number of alkyl halides is 3. The molecule has 0 amide bonds. The average Bonchev–Trinajstić information content (AvgIpc) is 3.06. The van der Waals surface area contributed by atoms with Crippen molar-refractivity contribution in [3.8, 4) is 0 Å². The lowest BCUT2D eigenvalue weighted by Gasteiger charge is -2.32. The molecule has 1 nitrogen and oxygen atoms in total. The number of halogens is 3. The first-order chi connectivity index (χ1) is 9.99. The van der Waals surface area contributed by atoms with Gasteiger partial charge in [-0.25, -0.2) is 0 Å². The Labute approximate surface area is 123 Å². The van der Waals surface area contributed by atoms with Crippen LogP contribution in [0.5, 0.6) is 0 Å². The minimum Gasteiger partial charge on any atom is -0.310 e. The summed E-state index contributed by atoms with van der Waals surface area (Å²) in [5.74, 6) is 1.98. The van der Waals surface area contributed by atoms with Crippen molar-refractivity contribution in [3.63, 3.8) is 0 Å². The van der Waals surface area contributed by atoms with Gasteiger partial charge >= 0.3 is 6.18 Å². The lowest BCUT2D eigenvalue weighted by atomic mass is 9.80. The smallest absolute Gasteiger partial charge is 0.310 e. The average molecular weight is 297 g/mol. The minimum atomic E-state index is -4.26. The van der Waals surface area contributed by atoms with Gasteiger partial charge in [0.2, 0.25) is 0 Å². The Kier molecular flexibility index (Phi) is 4.00. The van der Waals surface area contributed by atoms with Crippen LogP contribution in [0.3, 0.4) is 0 Å². The zero-order valence-corrected chi connectivity index (χ0v) is 12.3. The van der Waals surface area contributed by atoms with Crippen LogP contribution in [-0.2, 0) is 6.18 Å². The van der Waals surface area contributed by atoms with Crippen LogP contribution < -0.4 is 5.32 Å². The topological polar surface area (TPSA) is 12.0 Å². The standard InChI is InChI=1S/C17H22F3N/c1-2-21-16(15-9-11-6-7-12(15)8-11)13-4-3-5-14(10-13)17(18,19)20/h3-5,10-12,15-16,21H,2,6-9H2,1H3. The summed E-state index contributed by atoms with van der Waals surface area (Å²) in [6.07, 6.45) is 0.727. The van der Waals surface area contributed by atoms with Gasteiger partial charge in [0.15, 0.2) is 0 Å². The normalized spacial score (nSPS) is 29.8. The summed E-state index contributed by atoms with van der Waals surface area (Å²) in [7, 11) is 0. The third-order valence-corrected chi connectivity index (χ3v) is 5.22. The van der Waals surface area contributed by atoms with Gasteiger partial charge in [0.05, 0.1) is 5.56 Å². The molecule has 2 bridgehead atoms. The molecule has 1 aromatic carbocycles. The second kappa shape index (κ2) is 5.64. The number of nitrogens with one attached hydrogen (secondary N) is 1. The van der Waals surface area contributed by atoms with Crippen molar-refractivity contribution in [1.29, 1.82) is 0 Å². The summed E-state index contributed by atoms with van der Waals surface area (Å²) in [6, 6.07) is 5.93. The highest BCUT2D eigenvalue weighted by molar-refractivity contribution is 5.29. The summed E-state index contributed by atoms with van der Waals surface area (Å²) >= 11 is 0. The SMILES string of the molecule is CCNC(c1cccc(C(F)(F)F)c1)C1CC2CCC1C2. The van der Waals surface area contributed by atoms with Crippen LogP contribution in [0.4, 0.5) is 13.2 Å². The van der Waals surface area contributed by atoms with Crippen molar-refractivity contribution in [2.24, 2.45) is 17.8 Å². The summed E-state index contributed by atoms with van der Waals surface area (Å²) in [4.78, 5) is 0. The van der Waals surface area contributed by atoms with E-state index in [1.54, 1.807) is 0 Å². The molecule has 0 saturated heterocycles. The largest absolute Gasteiger partial charge is 0.416 e. The van der Waals surface area contributed by atoms with E-state index >= 15 is 0 Å². The van der Waals surface area contributed by atoms with Gasteiger partial charge in [0.1, 0.15) is 0 Å². The molecule has 1 aromatic rings. The lowest BCUT2D eigenvalue weighted by Crippen LogP contribution is -2.31. The number of fused-ring (bicyclic) bond motifs is 2. The van der Waals surface area contributed by atoms with E-state index in [4.69, 9.17) is 0 Å². The van der Waals surface area contributed by atoms with E-state index in [2.05, 4.69) is 5.32 Å². The van der Waals surface area contributed by atoms with Crippen molar-refractivity contribution in [2.75, 3.05) is 6.54 Å². The van der Waals surface area contributed by atoms with E-state index < -0.39 is 11.7 Å². The molecule has 3 rings (SSSR count). The van der Waals surface area contributed by atoms with E-state index in [9.17, 15) is 13.2 Å². The monoisotopic (exact) mass is 297 g/mol. The molecular weight excluding hydrogens is 275 g/mol. The molecule has 21 heavy (non-hydrogen) atoms. The number of rotatable bonds is 4. The van der Waals surface area contributed by atoms with E-state index in [-0.39, 0.29) is 6.04 Å². The van der Waals surface area contributed by atoms with Crippen LogP contribution >= 0.6 is 0 Å². The molecular formula is C17H22F3N. The van der Waals surface area contributed by atoms with E-state index in [0.29, 0.717) is 11.8 Å². The van der Waals surface area contributed by atoms with Crippen LogP contribution in [-0.4, -0.2) is 6.54 Å². The van der Waals surface area contributed by atoms with Gasteiger partial charge in [-0.1, -0.05) is 25.5 Å². The maximum atomic E-state index is 12.9. The lowest BCUT2D eigenvalue weighted by molar-refractivity contribution is -0.137. The Hall–Kier alpha value is -1.03. The maximum absolute atomic E-state index is 12.9. The van der Waals surface area contributed by atoms with Crippen molar-refractivity contribution in [2.45, 2.75) is 44.8 Å². The highest BCUT2D eigenvalue weighted by atomic mass is 19.4. The first-order valence-electron chi connectivity index (χ1n) is 7.89. The van der Waals surface area contributed by atoms with Gasteiger partial charge in [0, 0.05) is 6.04 Å². The molecule has 4 atom stereocenters. The predicted molar refractivity (Wildman–Crippen MR) is 76.8 cm³/mol. The van der Waals surface area contributed by atoms with E-state index in [0.717, 1.165) is 24.1 Å². The van der Waals surface area contributed by atoms with Crippen LogP contribution in [0, 0.1) is 17.8 Å². The molecule has 0 heterocycles. The number of hydrogen-bond donors (Lipinski definition) is 1. The highest BCUT2D eigenvalue weighted by Gasteiger charge is 2.43. The van der Waals surface area contributed by atoms with Crippen LogP contribution in [0.1, 0.15) is 49.8 Å². The fourth-order valence-electron chi connectivity index (χ4n) is 4.35. The third kappa shape index (κ3) is 2.96. The van der Waals surface area contributed by atoms with Gasteiger partial charge in [-0.05, 0) is 61.3 Å². The Morgan fingerprint density at radius 1 is 1.24 bits per heavy atom. The molecule has 2 aliphatic rings. The van der Waals surface area contributed by atoms with Crippen molar-refractivity contribution < 1.29 is 13.2 Å². The first kappa shape index (κ1) is 14.9. The molecule has 0 aliphatic heterocycles. The summed E-state index contributed by atoms with van der Waals surface area (Å²) < 4.78 is 38.8. The molecule has 2 aliphatic carbocycles. The van der Waals surface area contributed by atoms with Crippen molar-refractivity contribution in [1.82, 2.24) is 5.32 Å². The Morgan fingerprint density at radius 3 is 2.62 bits per heavy atom. The van der Waals surface area contributed by atoms with Crippen molar-refractivity contribution in [3.05, 3.63) is 35.4 Å². The Balaban J connectivity index is 1.87. The summed E-state index contributed by atoms with van der Waals surface area (Å²) in [5, 5.41) is 3.44. The molecule has 4 heteroatoms. The Morgan fingerprint density at radius 2 is 2.05 bits per heavy atom. The molecule has 4 unspecified atom stereocenters. The molecule has 0 aromatic heterocycles. The van der Waals surface area contributed by atoms with Crippen LogP contribution in [0.2, 0.25) is 0 Å². The fourth-order valence-corrected chi connectivity index (χ4v) is 4.35. The third-order valence-electron chi connectivity index (χ3n) is 5.22. The van der Waals surface area contributed by atoms with Gasteiger partial charge in [0.25, 0.3) is 0 Å². The second-order valence-corrected chi connectivity index (χ2v) is 6.50. The van der Waals surface area contributed by atoms with E-state index in [1.165, 1.54) is 37.8 Å². The first-order valence-corrected chi connectivity index (χ1v) is 7.89. The molecule has 0 radical (unpaired) electrons. The van der Waals surface area contributed by atoms with Gasteiger partial charge in [-0.3, -0.25) is 0 Å². The number of benzene rings is 1. The molecule has 0 spiro atoms. The van der Waals surface area contributed by atoms with Crippen LogP contribution in [0.15, 0.2) is 24.3 Å². The van der Waals surface area contributed by atoms with Gasteiger partial charge in [-0.2, -0.15) is 13.2 Å². The Bertz CT molecular complexity index is 497. The zero-order chi connectivity index (χ0) is 15.0. The summed E-state index contributed by atoms with van der Waals surface area (Å²) in [6.45, 7) is 2.81. The minimum absolute atomic E-state index is 0.0626. The quantitative estimate of drug-likeness (QED) is 0.842. The molecule has 116 valence electrons. The predicted octanol–water partition coefficient (Wildman–Crippen LogP) is 4.79. The van der Waals surface area contributed by atoms with Gasteiger partial charge < -0.3 is 5.32 Å². The number of hydrogen-bond acceptors (Lipinski definition) is 1. The van der Waals surface area contributed by atoms with Gasteiger partial charge in [-0.15, -0.1) is 0 Å². The summed E-state index contributed by atoms with van der Waals surface area (Å²) in [5.41, 5.74) is 0.260. The molecule has 2 saturated carbocycles. The second-order valence-electron chi connectivity index (χ2n) is 6.50. The fraction of sp³-hybridized carbons (Fsp3) is 0.647. The zero-order valence-electron chi connectivity index (χ0n) is 12.3. The van der Waals surface area contributed by atoms with Crippen molar-refractivity contribution >= 4 is 0 Å².